The Morgan fingerprint density at radius 1 is 1.08 bits per heavy atom. The summed E-state index contributed by atoms with van der Waals surface area (Å²) in [6.45, 7) is 4.52. The average Bonchev–Trinajstić information content (AvgIpc) is 2.68. The van der Waals surface area contributed by atoms with Gasteiger partial charge >= 0.3 is 0 Å². The van der Waals surface area contributed by atoms with Gasteiger partial charge in [-0.3, -0.25) is 4.90 Å². The fourth-order valence-electron chi connectivity index (χ4n) is 4.09. The van der Waals surface area contributed by atoms with Gasteiger partial charge in [0.2, 0.25) is 0 Å². The molecule has 2 heterocycles. The minimum absolute atomic E-state index is 0.0319. The molecule has 4 heteroatoms. The molecule has 0 bridgehead atoms. The van der Waals surface area contributed by atoms with E-state index in [-0.39, 0.29) is 18.0 Å². The Balaban J connectivity index is 1.64. The standard InChI is InChI=1S/C21H25FN2O/c22-19-8-4-3-7-18(19)20(24-12-10-23-11-13-24)15-21-17-6-2-1-5-16(17)9-14-25-21/h1-8,20-21,23H,9-15H2. The molecule has 0 spiro atoms. The number of nitrogens with one attached hydrogen (secondary N) is 1. The fraction of sp³-hybridized carbons (Fsp3) is 0.429. The maximum absolute atomic E-state index is 14.6. The smallest absolute Gasteiger partial charge is 0.127 e. The Morgan fingerprint density at radius 2 is 1.84 bits per heavy atom. The number of fused-ring (bicyclic) bond motifs is 1. The number of piperazine rings is 1. The summed E-state index contributed by atoms with van der Waals surface area (Å²) < 4.78 is 20.7. The predicted octanol–water partition coefficient (Wildman–Crippen LogP) is 3.48. The minimum atomic E-state index is -0.116. The highest BCUT2D eigenvalue weighted by atomic mass is 19.1. The van der Waals surface area contributed by atoms with Crippen molar-refractivity contribution in [2.45, 2.75) is 25.0 Å². The van der Waals surface area contributed by atoms with Gasteiger partial charge in [-0.2, -0.15) is 0 Å². The second-order valence-corrected chi connectivity index (χ2v) is 6.87. The quantitative estimate of drug-likeness (QED) is 0.922. The van der Waals surface area contributed by atoms with Crippen LogP contribution in [0.2, 0.25) is 0 Å². The summed E-state index contributed by atoms with van der Waals surface area (Å²) in [4.78, 5) is 2.40. The van der Waals surface area contributed by atoms with Crippen molar-refractivity contribution in [2.75, 3.05) is 32.8 Å². The number of rotatable bonds is 4. The van der Waals surface area contributed by atoms with Crippen molar-refractivity contribution in [1.82, 2.24) is 10.2 Å². The molecule has 1 saturated heterocycles. The number of hydrogen-bond acceptors (Lipinski definition) is 3. The molecule has 4 rings (SSSR count). The molecule has 25 heavy (non-hydrogen) atoms. The Hall–Kier alpha value is -1.75. The van der Waals surface area contributed by atoms with Gasteiger partial charge in [-0.25, -0.2) is 4.39 Å². The van der Waals surface area contributed by atoms with E-state index >= 15 is 0 Å². The third-order valence-corrected chi connectivity index (χ3v) is 5.39. The topological polar surface area (TPSA) is 24.5 Å². The van der Waals surface area contributed by atoms with Crippen LogP contribution in [0.5, 0.6) is 0 Å². The molecule has 0 aliphatic carbocycles. The van der Waals surface area contributed by atoms with Crippen LogP contribution in [0.1, 0.15) is 35.3 Å². The number of ether oxygens (including phenoxy) is 1. The van der Waals surface area contributed by atoms with Crippen LogP contribution in [-0.4, -0.2) is 37.7 Å². The van der Waals surface area contributed by atoms with E-state index in [1.807, 2.05) is 12.1 Å². The van der Waals surface area contributed by atoms with E-state index in [0.717, 1.165) is 51.2 Å². The lowest BCUT2D eigenvalue weighted by Crippen LogP contribution is -2.45. The Labute approximate surface area is 148 Å². The summed E-state index contributed by atoms with van der Waals surface area (Å²) in [7, 11) is 0. The van der Waals surface area contributed by atoms with Crippen LogP contribution in [0.3, 0.4) is 0 Å². The summed E-state index contributed by atoms with van der Waals surface area (Å²) in [5, 5.41) is 3.39. The van der Waals surface area contributed by atoms with Gasteiger partial charge in [-0.15, -0.1) is 0 Å². The van der Waals surface area contributed by atoms with Crippen molar-refractivity contribution in [2.24, 2.45) is 0 Å². The Morgan fingerprint density at radius 3 is 2.68 bits per heavy atom. The second-order valence-electron chi connectivity index (χ2n) is 6.87. The number of hydrogen-bond donors (Lipinski definition) is 1. The van der Waals surface area contributed by atoms with Crippen molar-refractivity contribution < 1.29 is 9.13 Å². The lowest BCUT2D eigenvalue weighted by molar-refractivity contribution is 0.0114. The second kappa shape index (κ2) is 7.65. The average molecular weight is 340 g/mol. The van der Waals surface area contributed by atoms with Gasteiger partial charge in [-0.05, 0) is 30.0 Å². The van der Waals surface area contributed by atoms with Gasteiger partial charge in [-0.1, -0.05) is 42.5 Å². The zero-order valence-electron chi connectivity index (χ0n) is 14.5. The van der Waals surface area contributed by atoms with Gasteiger partial charge in [0.1, 0.15) is 5.82 Å². The predicted molar refractivity (Wildman–Crippen MR) is 97.0 cm³/mol. The summed E-state index contributed by atoms with van der Waals surface area (Å²) in [5.41, 5.74) is 3.42. The van der Waals surface area contributed by atoms with Crippen molar-refractivity contribution in [3.63, 3.8) is 0 Å². The van der Waals surface area contributed by atoms with Crippen LogP contribution in [0.4, 0.5) is 4.39 Å². The molecule has 2 unspecified atom stereocenters. The molecule has 0 amide bonds. The molecule has 1 N–H and O–H groups in total. The minimum Gasteiger partial charge on any atom is -0.373 e. The number of halogens is 1. The molecule has 1 fully saturated rings. The van der Waals surface area contributed by atoms with E-state index in [1.165, 1.54) is 11.1 Å². The maximum Gasteiger partial charge on any atom is 0.127 e. The fourth-order valence-corrected chi connectivity index (χ4v) is 4.09. The first kappa shape index (κ1) is 16.7. The summed E-state index contributed by atoms with van der Waals surface area (Å²) >= 11 is 0. The van der Waals surface area contributed by atoms with Crippen LogP contribution in [0.15, 0.2) is 48.5 Å². The molecule has 3 nitrogen and oxygen atoms in total. The monoisotopic (exact) mass is 340 g/mol. The van der Waals surface area contributed by atoms with Gasteiger partial charge in [0.15, 0.2) is 0 Å². The molecular weight excluding hydrogens is 315 g/mol. The first-order chi connectivity index (χ1) is 12.3. The van der Waals surface area contributed by atoms with Crippen LogP contribution in [0.25, 0.3) is 0 Å². The zero-order valence-corrected chi connectivity index (χ0v) is 14.5. The summed E-state index contributed by atoms with van der Waals surface area (Å²) in [5.74, 6) is -0.116. The zero-order chi connectivity index (χ0) is 17.1. The highest BCUT2D eigenvalue weighted by molar-refractivity contribution is 5.32. The largest absolute Gasteiger partial charge is 0.373 e. The summed E-state index contributed by atoms with van der Waals surface area (Å²) in [6.07, 6.45) is 1.78. The third-order valence-electron chi connectivity index (χ3n) is 5.39. The lowest BCUT2D eigenvalue weighted by Gasteiger charge is -2.38. The maximum atomic E-state index is 14.6. The van der Waals surface area contributed by atoms with Crippen molar-refractivity contribution in [3.8, 4) is 0 Å². The number of benzene rings is 2. The van der Waals surface area contributed by atoms with E-state index in [9.17, 15) is 4.39 Å². The molecule has 2 aromatic carbocycles. The van der Waals surface area contributed by atoms with Crippen LogP contribution in [0, 0.1) is 5.82 Å². The molecule has 2 aliphatic heterocycles. The van der Waals surface area contributed by atoms with Gasteiger partial charge in [0.05, 0.1) is 12.7 Å². The highest BCUT2D eigenvalue weighted by Gasteiger charge is 2.30. The van der Waals surface area contributed by atoms with Gasteiger partial charge in [0, 0.05) is 37.8 Å². The molecule has 2 aliphatic rings. The molecule has 132 valence electrons. The molecule has 0 saturated carbocycles. The molecule has 0 aromatic heterocycles. The molecule has 2 aromatic rings. The molecule has 0 radical (unpaired) electrons. The van der Waals surface area contributed by atoms with Crippen molar-refractivity contribution in [1.29, 1.82) is 0 Å². The lowest BCUT2D eigenvalue weighted by atomic mass is 9.90. The van der Waals surface area contributed by atoms with Crippen LogP contribution >= 0.6 is 0 Å². The first-order valence-corrected chi connectivity index (χ1v) is 9.21. The van der Waals surface area contributed by atoms with Crippen LogP contribution in [-0.2, 0) is 11.2 Å². The van der Waals surface area contributed by atoms with E-state index < -0.39 is 0 Å². The van der Waals surface area contributed by atoms with E-state index in [0.29, 0.717) is 0 Å². The first-order valence-electron chi connectivity index (χ1n) is 9.21. The molecular formula is C21H25FN2O. The Kier molecular flexibility index (Phi) is 5.11. The third kappa shape index (κ3) is 3.61. The number of nitrogens with zero attached hydrogens (tertiary/aromatic N) is 1. The normalized spacial score (nSPS) is 22.4. The van der Waals surface area contributed by atoms with E-state index in [4.69, 9.17) is 4.74 Å². The Bertz CT molecular complexity index is 715. The van der Waals surface area contributed by atoms with Crippen molar-refractivity contribution in [3.05, 3.63) is 71.0 Å². The summed E-state index contributed by atoms with van der Waals surface area (Å²) in [6, 6.07) is 15.7. The van der Waals surface area contributed by atoms with Crippen molar-refractivity contribution >= 4 is 0 Å². The highest BCUT2D eigenvalue weighted by Crippen LogP contribution is 2.37. The SMILES string of the molecule is Fc1ccccc1C(CC1OCCc2ccccc21)N1CCNCC1. The molecule has 2 atom stereocenters. The van der Waals surface area contributed by atoms with Gasteiger partial charge < -0.3 is 10.1 Å². The van der Waals surface area contributed by atoms with E-state index in [1.54, 1.807) is 12.1 Å². The van der Waals surface area contributed by atoms with Crippen LogP contribution < -0.4 is 5.32 Å². The van der Waals surface area contributed by atoms with Gasteiger partial charge in [0.25, 0.3) is 0 Å². The van der Waals surface area contributed by atoms with E-state index in [2.05, 4.69) is 34.5 Å².